The molecule has 0 bridgehead atoms. The number of amides is 2. The van der Waals surface area contributed by atoms with Crippen molar-refractivity contribution >= 4 is 29.1 Å². The highest BCUT2D eigenvalue weighted by Gasteiger charge is 2.36. The smallest absolute Gasteiger partial charge is 0.291 e. The number of halogens is 1. The Bertz CT molecular complexity index is 1210. The molecule has 1 aliphatic rings. The number of methoxy groups -OCH3 is 1. The average molecular weight is 496 g/mol. The van der Waals surface area contributed by atoms with E-state index in [9.17, 15) is 9.59 Å². The minimum Gasteiger partial charge on any atom is -0.497 e. The van der Waals surface area contributed by atoms with Crippen LogP contribution in [0.3, 0.4) is 0 Å². The SMILES string of the molecule is COc1cccc(C2(CNC(=O)c3ccc(NC(=O)c4ccc(C)o4)cc3Cl)CCN(C)CC2)c1. The first-order valence-electron chi connectivity index (χ1n) is 11.6. The Labute approximate surface area is 210 Å². The Morgan fingerprint density at radius 3 is 2.51 bits per heavy atom. The molecular formula is C27H30ClN3O4. The lowest BCUT2D eigenvalue weighted by molar-refractivity contribution is 0.0927. The van der Waals surface area contributed by atoms with E-state index in [4.69, 9.17) is 20.8 Å². The van der Waals surface area contributed by atoms with Crippen molar-refractivity contribution in [1.82, 2.24) is 10.2 Å². The minimum atomic E-state index is -0.381. The number of likely N-dealkylation sites (tertiary alicyclic amines) is 1. The van der Waals surface area contributed by atoms with Crippen molar-refractivity contribution in [2.45, 2.75) is 25.2 Å². The lowest BCUT2D eigenvalue weighted by Crippen LogP contribution is -2.48. The van der Waals surface area contributed by atoms with E-state index in [-0.39, 0.29) is 28.0 Å². The second-order valence-corrected chi connectivity index (χ2v) is 9.46. The predicted molar refractivity (Wildman–Crippen MR) is 137 cm³/mol. The summed E-state index contributed by atoms with van der Waals surface area (Å²) in [5.74, 6) is 1.03. The van der Waals surface area contributed by atoms with Crippen LogP contribution in [0.2, 0.25) is 5.02 Å². The van der Waals surface area contributed by atoms with Crippen LogP contribution in [0.25, 0.3) is 0 Å². The highest BCUT2D eigenvalue weighted by molar-refractivity contribution is 6.34. The molecule has 0 spiro atoms. The maximum absolute atomic E-state index is 13.1. The number of anilines is 1. The topological polar surface area (TPSA) is 83.8 Å². The van der Waals surface area contributed by atoms with Crippen molar-refractivity contribution in [3.8, 4) is 5.75 Å². The summed E-state index contributed by atoms with van der Waals surface area (Å²) >= 11 is 6.43. The standard InChI is InChI=1S/C27H30ClN3O4/c1-18-7-10-24(35-18)26(33)30-20-8-9-22(23(28)16-20)25(32)29-17-27(11-13-31(2)14-12-27)19-5-4-6-21(15-19)34-3/h4-10,15-16H,11-14,17H2,1-3H3,(H,29,32)(H,30,33). The lowest BCUT2D eigenvalue weighted by atomic mass is 9.72. The Balaban J connectivity index is 1.47. The molecule has 1 aromatic heterocycles. The van der Waals surface area contributed by atoms with Crippen LogP contribution in [0.1, 0.15) is 45.1 Å². The first kappa shape index (κ1) is 24.8. The second kappa shape index (κ2) is 10.5. The zero-order valence-corrected chi connectivity index (χ0v) is 20.9. The second-order valence-electron chi connectivity index (χ2n) is 9.06. The van der Waals surface area contributed by atoms with Crippen molar-refractivity contribution in [3.05, 3.63) is 82.3 Å². The normalized spacial score (nSPS) is 15.4. The summed E-state index contributed by atoms with van der Waals surface area (Å²) in [6, 6.07) is 16.2. The molecule has 1 aliphatic heterocycles. The van der Waals surface area contributed by atoms with E-state index >= 15 is 0 Å². The van der Waals surface area contributed by atoms with E-state index in [1.54, 1.807) is 44.4 Å². The largest absolute Gasteiger partial charge is 0.497 e. The monoisotopic (exact) mass is 495 g/mol. The fourth-order valence-corrected chi connectivity index (χ4v) is 4.70. The van der Waals surface area contributed by atoms with Crippen LogP contribution in [0.5, 0.6) is 5.75 Å². The summed E-state index contributed by atoms with van der Waals surface area (Å²) in [4.78, 5) is 27.7. The van der Waals surface area contributed by atoms with Crippen LogP contribution in [0, 0.1) is 6.92 Å². The molecular weight excluding hydrogens is 466 g/mol. The molecule has 7 nitrogen and oxygen atoms in total. The molecule has 0 radical (unpaired) electrons. The van der Waals surface area contributed by atoms with Gasteiger partial charge in [-0.25, -0.2) is 0 Å². The minimum absolute atomic E-state index is 0.196. The quantitative estimate of drug-likeness (QED) is 0.487. The molecule has 2 aromatic carbocycles. The predicted octanol–water partition coefficient (Wildman–Crippen LogP) is 4.90. The number of hydrogen-bond acceptors (Lipinski definition) is 5. The molecule has 184 valence electrons. The third-order valence-corrected chi connectivity index (χ3v) is 6.96. The van der Waals surface area contributed by atoms with Crippen LogP contribution in [-0.2, 0) is 5.41 Å². The Morgan fingerprint density at radius 2 is 1.86 bits per heavy atom. The fourth-order valence-electron chi connectivity index (χ4n) is 4.44. The molecule has 0 atom stereocenters. The van der Waals surface area contributed by atoms with Crippen molar-refractivity contribution in [2.24, 2.45) is 0 Å². The number of rotatable bonds is 7. The molecule has 4 rings (SSSR count). The zero-order valence-electron chi connectivity index (χ0n) is 20.2. The van der Waals surface area contributed by atoms with Crippen molar-refractivity contribution in [1.29, 1.82) is 0 Å². The summed E-state index contributed by atoms with van der Waals surface area (Å²) in [5, 5.41) is 6.10. The molecule has 2 amide bonds. The molecule has 1 fully saturated rings. The van der Waals surface area contributed by atoms with Gasteiger partial charge in [-0.2, -0.15) is 0 Å². The number of nitrogens with zero attached hydrogens (tertiary/aromatic N) is 1. The number of furan rings is 1. The Hall–Kier alpha value is -3.29. The molecule has 8 heteroatoms. The van der Waals surface area contributed by atoms with E-state index in [1.807, 2.05) is 12.1 Å². The summed E-state index contributed by atoms with van der Waals surface area (Å²) in [6.45, 7) is 4.14. The van der Waals surface area contributed by atoms with Crippen molar-refractivity contribution < 1.29 is 18.7 Å². The van der Waals surface area contributed by atoms with Gasteiger partial charge in [0.1, 0.15) is 11.5 Å². The number of carbonyl (C=O) groups excluding carboxylic acids is 2. The number of piperidine rings is 1. The van der Waals surface area contributed by atoms with Gasteiger partial charge < -0.3 is 24.7 Å². The van der Waals surface area contributed by atoms with Crippen LogP contribution in [-0.4, -0.2) is 50.5 Å². The van der Waals surface area contributed by atoms with Gasteiger partial charge in [0.15, 0.2) is 5.76 Å². The lowest BCUT2D eigenvalue weighted by Gasteiger charge is -2.41. The molecule has 3 aromatic rings. The van der Waals surface area contributed by atoms with E-state index in [1.165, 1.54) is 0 Å². The maximum atomic E-state index is 13.1. The average Bonchev–Trinajstić information content (AvgIpc) is 3.30. The highest BCUT2D eigenvalue weighted by atomic mass is 35.5. The third kappa shape index (κ3) is 5.69. The summed E-state index contributed by atoms with van der Waals surface area (Å²) < 4.78 is 10.8. The number of hydrogen-bond donors (Lipinski definition) is 2. The summed E-state index contributed by atoms with van der Waals surface area (Å²) in [7, 11) is 3.77. The number of nitrogens with one attached hydrogen (secondary N) is 2. The third-order valence-electron chi connectivity index (χ3n) is 6.65. The Morgan fingerprint density at radius 1 is 1.09 bits per heavy atom. The number of carbonyl (C=O) groups is 2. The van der Waals surface area contributed by atoms with E-state index < -0.39 is 0 Å². The molecule has 0 saturated carbocycles. The van der Waals surface area contributed by atoms with Crippen molar-refractivity contribution in [2.75, 3.05) is 39.1 Å². The Kier molecular flexibility index (Phi) is 7.48. The van der Waals surface area contributed by atoms with Gasteiger partial charge in [0, 0.05) is 17.6 Å². The highest BCUT2D eigenvalue weighted by Crippen LogP contribution is 2.36. The van der Waals surface area contributed by atoms with Gasteiger partial charge in [-0.3, -0.25) is 9.59 Å². The van der Waals surface area contributed by atoms with Gasteiger partial charge in [0.2, 0.25) is 0 Å². The first-order chi connectivity index (χ1) is 16.8. The van der Waals surface area contributed by atoms with Crippen LogP contribution < -0.4 is 15.4 Å². The van der Waals surface area contributed by atoms with E-state index in [2.05, 4.69) is 34.7 Å². The molecule has 0 unspecified atom stereocenters. The molecule has 2 N–H and O–H groups in total. The van der Waals surface area contributed by atoms with Crippen LogP contribution in [0.4, 0.5) is 5.69 Å². The van der Waals surface area contributed by atoms with Crippen LogP contribution >= 0.6 is 11.6 Å². The molecule has 1 saturated heterocycles. The van der Waals surface area contributed by atoms with Gasteiger partial charge in [-0.15, -0.1) is 0 Å². The first-order valence-corrected chi connectivity index (χ1v) is 12.0. The number of benzene rings is 2. The summed E-state index contributed by atoms with van der Waals surface area (Å²) in [5.41, 5.74) is 1.79. The molecule has 2 heterocycles. The van der Waals surface area contributed by atoms with Gasteiger partial charge in [-0.1, -0.05) is 23.7 Å². The maximum Gasteiger partial charge on any atom is 0.291 e. The van der Waals surface area contributed by atoms with Crippen LogP contribution in [0.15, 0.2) is 59.0 Å². The zero-order chi connectivity index (χ0) is 25.0. The van der Waals surface area contributed by atoms with E-state index in [0.717, 1.165) is 37.2 Å². The van der Waals surface area contributed by atoms with Gasteiger partial charge in [0.25, 0.3) is 11.8 Å². The van der Waals surface area contributed by atoms with Gasteiger partial charge >= 0.3 is 0 Å². The molecule has 0 aliphatic carbocycles. The number of aryl methyl sites for hydroxylation is 1. The number of ether oxygens (including phenoxy) is 1. The van der Waals surface area contributed by atoms with Crippen molar-refractivity contribution in [3.63, 3.8) is 0 Å². The van der Waals surface area contributed by atoms with Gasteiger partial charge in [-0.05, 0) is 87.9 Å². The summed E-state index contributed by atoms with van der Waals surface area (Å²) in [6.07, 6.45) is 1.84. The molecule has 35 heavy (non-hydrogen) atoms. The van der Waals surface area contributed by atoms with E-state index in [0.29, 0.717) is 23.6 Å². The van der Waals surface area contributed by atoms with Gasteiger partial charge in [0.05, 0.1) is 17.7 Å². The fraction of sp³-hybridized carbons (Fsp3) is 0.333.